The van der Waals surface area contributed by atoms with Crippen LogP contribution < -0.4 is 18.9 Å². The summed E-state index contributed by atoms with van der Waals surface area (Å²) in [6.07, 6.45) is 0. The van der Waals surface area contributed by atoms with Gasteiger partial charge in [-0.2, -0.15) is 0 Å². The van der Waals surface area contributed by atoms with Crippen molar-refractivity contribution in [3.05, 3.63) is 29.8 Å². The predicted molar refractivity (Wildman–Crippen MR) is 44.4 cm³/mol. The Kier molecular flexibility index (Phi) is 4.55. The molecule has 1 rings (SSSR count). The number of benzene rings is 1. The summed E-state index contributed by atoms with van der Waals surface area (Å²) in [4.78, 5) is 10.5. The van der Waals surface area contributed by atoms with Crippen LogP contribution in [0.4, 0.5) is 0 Å². The van der Waals surface area contributed by atoms with E-state index in [0.717, 1.165) is 6.07 Å². The molecule has 1 aromatic carbocycles. The molecule has 4 nitrogen and oxygen atoms in total. The van der Waals surface area contributed by atoms with Crippen LogP contribution in [0.25, 0.3) is 0 Å². The number of Topliss-reactive ketones (excluding diaryl/α,β-unsaturated/α-hetero) is 1. The maximum atomic E-state index is 10.9. The fraction of sp³-hybridized carbons (Fsp3) is 0.125. The molecular weight excluding hydrogens is 199 g/mol. The van der Waals surface area contributed by atoms with Crippen molar-refractivity contribution >= 4 is 15.9 Å². The molecule has 0 heterocycles. The van der Waals surface area contributed by atoms with Gasteiger partial charge in [0, 0.05) is 5.56 Å². The van der Waals surface area contributed by atoms with E-state index in [2.05, 4.69) is 0 Å². The van der Waals surface area contributed by atoms with Crippen LogP contribution in [0.1, 0.15) is 17.3 Å². The second-order valence-electron chi connectivity index (χ2n) is 2.51. The van der Waals surface area contributed by atoms with Crippen molar-refractivity contribution in [1.82, 2.24) is 0 Å². The van der Waals surface area contributed by atoms with Crippen molar-refractivity contribution in [1.29, 1.82) is 0 Å². The number of rotatable bonds is 2. The molecule has 0 spiro atoms. The third kappa shape index (κ3) is 2.96. The molecule has 0 unspecified atom stereocenters. The van der Waals surface area contributed by atoms with Gasteiger partial charge in [-0.3, -0.25) is 4.79 Å². The Hall–Kier alpha value is -0.603. The molecule has 0 aliphatic heterocycles. The second-order valence-corrected chi connectivity index (χ2v) is 3.85. The van der Waals surface area contributed by atoms with Gasteiger partial charge < -0.3 is 4.55 Å². The van der Waals surface area contributed by atoms with Crippen LogP contribution >= 0.6 is 0 Å². The first-order valence-corrected chi connectivity index (χ1v) is 4.89. The zero-order chi connectivity index (χ0) is 10.1. The summed E-state index contributed by atoms with van der Waals surface area (Å²) in [5.41, 5.74) is -0.0579. The largest absolute Gasteiger partial charge is 1.00 e. The second kappa shape index (κ2) is 4.76. The molecule has 6 heteroatoms. The predicted octanol–water partition coefficient (Wildman–Crippen LogP) is -2.20. The van der Waals surface area contributed by atoms with Gasteiger partial charge in [0.2, 0.25) is 0 Å². The summed E-state index contributed by atoms with van der Waals surface area (Å²) in [7, 11) is -4.55. The summed E-state index contributed by atoms with van der Waals surface area (Å²) >= 11 is 0. The quantitative estimate of drug-likeness (QED) is 0.312. The minimum atomic E-state index is -4.55. The summed E-state index contributed by atoms with van der Waals surface area (Å²) < 4.78 is 32.0. The van der Waals surface area contributed by atoms with E-state index in [0.29, 0.717) is 0 Å². The SMILES string of the molecule is CC(=O)c1ccccc1S(=O)(=O)[O-].[Li+]. The topological polar surface area (TPSA) is 74.3 Å². The molecule has 0 amide bonds. The van der Waals surface area contributed by atoms with Crippen LogP contribution in [-0.4, -0.2) is 18.8 Å². The zero-order valence-corrected chi connectivity index (χ0v) is 8.67. The van der Waals surface area contributed by atoms with E-state index in [9.17, 15) is 17.8 Å². The van der Waals surface area contributed by atoms with E-state index < -0.39 is 20.8 Å². The molecule has 0 aliphatic rings. The molecule has 0 saturated carbocycles. The number of carbonyl (C=O) groups is 1. The molecule has 0 fully saturated rings. The Morgan fingerprint density at radius 1 is 1.29 bits per heavy atom. The molecule has 0 radical (unpaired) electrons. The van der Waals surface area contributed by atoms with Gasteiger partial charge >= 0.3 is 18.9 Å². The van der Waals surface area contributed by atoms with Gasteiger partial charge in [-0.25, -0.2) is 8.42 Å². The van der Waals surface area contributed by atoms with Crippen LogP contribution in [0.3, 0.4) is 0 Å². The first kappa shape index (κ1) is 13.4. The average molecular weight is 206 g/mol. The first-order valence-electron chi connectivity index (χ1n) is 3.49. The van der Waals surface area contributed by atoms with E-state index in [1.165, 1.54) is 25.1 Å². The molecule has 14 heavy (non-hydrogen) atoms. The minimum Gasteiger partial charge on any atom is -0.744 e. The van der Waals surface area contributed by atoms with E-state index in [1.807, 2.05) is 0 Å². The van der Waals surface area contributed by atoms with Crippen LogP contribution in [0.2, 0.25) is 0 Å². The number of hydrogen-bond acceptors (Lipinski definition) is 4. The Labute approximate surface area is 94.2 Å². The standard InChI is InChI=1S/C8H8O4S.Li/c1-6(9)7-4-2-3-5-8(7)13(10,11)12;/h2-5H,1H3,(H,10,11,12);/q;+1/p-1. The van der Waals surface area contributed by atoms with Gasteiger partial charge in [0.25, 0.3) is 0 Å². The summed E-state index contributed by atoms with van der Waals surface area (Å²) in [6.45, 7) is 1.21. The van der Waals surface area contributed by atoms with Crippen molar-refractivity contribution in [2.75, 3.05) is 0 Å². The van der Waals surface area contributed by atoms with E-state index in [4.69, 9.17) is 0 Å². The molecular formula is C8H7LiO4S. The van der Waals surface area contributed by atoms with Crippen molar-refractivity contribution in [3.8, 4) is 0 Å². The van der Waals surface area contributed by atoms with Gasteiger partial charge in [-0.05, 0) is 13.0 Å². The van der Waals surface area contributed by atoms with Crippen LogP contribution in [0, 0.1) is 0 Å². The normalized spacial score (nSPS) is 10.4. The summed E-state index contributed by atoms with van der Waals surface area (Å²) in [5.74, 6) is -0.435. The van der Waals surface area contributed by atoms with Gasteiger partial charge in [0.15, 0.2) is 5.78 Å². The molecule has 0 N–H and O–H groups in total. The van der Waals surface area contributed by atoms with Gasteiger partial charge in [-0.1, -0.05) is 18.2 Å². The Morgan fingerprint density at radius 2 is 1.79 bits per heavy atom. The third-order valence-electron chi connectivity index (χ3n) is 1.54. The number of carbonyl (C=O) groups excluding carboxylic acids is 1. The van der Waals surface area contributed by atoms with Gasteiger partial charge in [-0.15, -0.1) is 0 Å². The van der Waals surface area contributed by atoms with Crippen LogP contribution in [0.5, 0.6) is 0 Å². The van der Waals surface area contributed by atoms with Gasteiger partial charge in [0.1, 0.15) is 10.1 Å². The zero-order valence-electron chi connectivity index (χ0n) is 7.85. The number of ketones is 1. The van der Waals surface area contributed by atoms with Crippen LogP contribution in [-0.2, 0) is 10.1 Å². The Balaban J connectivity index is 0.00000169. The molecule has 0 aromatic heterocycles. The molecule has 0 aliphatic carbocycles. The maximum Gasteiger partial charge on any atom is 1.00 e. The van der Waals surface area contributed by atoms with Crippen molar-refractivity contribution in [3.63, 3.8) is 0 Å². The molecule has 70 valence electrons. The van der Waals surface area contributed by atoms with E-state index in [-0.39, 0.29) is 24.4 Å². The average Bonchev–Trinajstić information content (AvgIpc) is 2.03. The van der Waals surface area contributed by atoms with Crippen molar-refractivity contribution < 1.29 is 36.6 Å². The van der Waals surface area contributed by atoms with Crippen molar-refractivity contribution in [2.45, 2.75) is 11.8 Å². The maximum absolute atomic E-state index is 10.9. The minimum absolute atomic E-state index is 0. The molecule has 0 bridgehead atoms. The smallest absolute Gasteiger partial charge is 0.744 e. The van der Waals surface area contributed by atoms with Crippen LogP contribution in [0.15, 0.2) is 29.2 Å². The summed E-state index contributed by atoms with van der Waals surface area (Å²) in [6, 6.07) is 5.34. The van der Waals surface area contributed by atoms with E-state index >= 15 is 0 Å². The monoisotopic (exact) mass is 206 g/mol. The first-order chi connectivity index (χ1) is 5.93. The molecule has 0 atom stereocenters. The Morgan fingerprint density at radius 3 is 2.14 bits per heavy atom. The van der Waals surface area contributed by atoms with Gasteiger partial charge in [0.05, 0.1) is 4.90 Å². The van der Waals surface area contributed by atoms with Crippen molar-refractivity contribution in [2.24, 2.45) is 0 Å². The fourth-order valence-corrected chi connectivity index (χ4v) is 1.70. The summed E-state index contributed by atoms with van der Waals surface area (Å²) in [5, 5.41) is 0. The third-order valence-corrected chi connectivity index (χ3v) is 2.43. The molecule has 1 aromatic rings. The van der Waals surface area contributed by atoms with E-state index in [1.54, 1.807) is 0 Å². The fourth-order valence-electron chi connectivity index (χ4n) is 0.975. The Bertz CT molecular complexity index is 438. The molecule has 0 saturated heterocycles. The number of hydrogen-bond donors (Lipinski definition) is 0.